The van der Waals surface area contributed by atoms with Gasteiger partial charge < -0.3 is 0 Å². The highest BCUT2D eigenvalue weighted by Crippen LogP contribution is 2.29. The lowest BCUT2D eigenvalue weighted by molar-refractivity contribution is 0.555. The molecule has 0 aliphatic rings. The van der Waals surface area contributed by atoms with Crippen LogP contribution in [0.4, 0.5) is 4.39 Å². The Morgan fingerprint density at radius 2 is 1.95 bits per heavy atom. The molecule has 2 aromatic carbocycles. The Balaban J connectivity index is 2.53. The van der Waals surface area contributed by atoms with Gasteiger partial charge in [-0.05, 0) is 52.2 Å². The molecular weight excluding hydrogens is 375 g/mol. The van der Waals surface area contributed by atoms with Crippen LogP contribution in [0.15, 0.2) is 45.3 Å². The molecule has 100 valence electrons. The molecule has 0 aliphatic heterocycles. The van der Waals surface area contributed by atoms with Crippen LogP contribution in [0, 0.1) is 12.7 Å². The summed E-state index contributed by atoms with van der Waals surface area (Å²) in [5.41, 5.74) is 5.18. The van der Waals surface area contributed by atoms with Crippen LogP contribution < -0.4 is 11.3 Å². The molecule has 0 aliphatic carbocycles. The zero-order valence-corrected chi connectivity index (χ0v) is 13.4. The molecule has 0 amide bonds. The van der Waals surface area contributed by atoms with Gasteiger partial charge in [0.1, 0.15) is 5.82 Å². The van der Waals surface area contributed by atoms with Gasteiger partial charge in [0.05, 0.1) is 10.5 Å². The first-order chi connectivity index (χ1) is 9.02. The molecule has 1 unspecified atom stereocenters. The first-order valence-electron chi connectivity index (χ1n) is 5.70. The number of aryl methyl sites for hydroxylation is 1. The zero-order valence-electron chi connectivity index (χ0n) is 10.3. The monoisotopic (exact) mass is 386 g/mol. The van der Waals surface area contributed by atoms with E-state index >= 15 is 0 Å². The predicted molar refractivity (Wildman–Crippen MR) is 82.1 cm³/mol. The normalized spacial score (nSPS) is 12.5. The van der Waals surface area contributed by atoms with Gasteiger partial charge in [0.15, 0.2) is 0 Å². The summed E-state index contributed by atoms with van der Waals surface area (Å²) in [6.07, 6.45) is 0. The molecule has 0 heterocycles. The van der Waals surface area contributed by atoms with E-state index in [1.54, 1.807) is 18.2 Å². The Kier molecular flexibility index (Phi) is 4.73. The smallest absolute Gasteiger partial charge is 0.142 e. The Labute approximate surface area is 128 Å². The summed E-state index contributed by atoms with van der Waals surface area (Å²) in [5.74, 6) is 5.31. The third-order valence-corrected chi connectivity index (χ3v) is 3.93. The van der Waals surface area contributed by atoms with Gasteiger partial charge in [0.25, 0.3) is 0 Å². The van der Waals surface area contributed by atoms with E-state index < -0.39 is 6.04 Å². The molecule has 0 spiro atoms. The molecule has 2 aromatic rings. The first kappa shape index (κ1) is 14.7. The summed E-state index contributed by atoms with van der Waals surface area (Å²) in [6.45, 7) is 1.99. The molecule has 0 saturated carbocycles. The van der Waals surface area contributed by atoms with Crippen molar-refractivity contribution in [1.82, 2.24) is 5.43 Å². The van der Waals surface area contributed by atoms with Crippen molar-refractivity contribution in [3.8, 4) is 0 Å². The Hall–Kier alpha value is -0.750. The molecule has 2 rings (SSSR count). The lowest BCUT2D eigenvalue weighted by Gasteiger charge is -2.19. The fraction of sp³-hybridized carbons (Fsp3) is 0.143. The molecule has 0 saturated heterocycles. The van der Waals surface area contributed by atoms with Gasteiger partial charge >= 0.3 is 0 Å². The standard InChI is InChI=1S/C14H13Br2FN2/c1-8-5-9(7-10(15)6-8)14(19-18)11-3-2-4-12(16)13(11)17/h2-7,14,19H,18H2,1H3. The quantitative estimate of drug-likeness (QED) is 0.611. The summed E-state index contributed by atoms with van der Waals surface area (Å²) in [4.78, 5) is 0. The Morgan fingerprint density at radius 1 is 1.21 bits per heavy atom. The number of hydrazine groups is 1. The minimum absolute atomic E-state index is 0.303. The third kappa shape index (κ3) is 3.23. The third-order valence-electron chi connectivity index (χ3n) is 2.86. The average Bonchev–Trinajstić information content (AvgIpc) is 2.34. The van der Waals surface area contributed by atoms with Gasteiger partial charge in [0, 0.05) is 10.0 Å². The highest BCUT2D eigenvalue weighted by atomic mass is 79.9. The van der Waals surface area contributed by atoms with E-state index in [0.29, 0.717) is 10.0 Å². The van der Waals surface area contributed by atoms with Crippen molar-refractivity contribution in [1.29, 1.82) is 0 Å². The molecule has 19 heavy (non-hydrogen) atoms. The van der Waals surface area contributed by atoms with E-state index in [1.165, 1.54) is 0 Å². The summed E-state index contributed by atoms with van der Waals surface area (Å²) < 4.78 is 15.5. The van der Waals surface area contributed by atoms with Crippen molar-refractivity contribution in [3.63, 3.8) is 0 Å². The first-order valence-corrected chi connectivity index (χ1v) is 7.28. The van der Waals surface area contributed by atoms with Crippen molar-refractivity contribution in [2.75, 3.05) is 0 Å². The fourth-order valence-corrected chi connectivity index (χ4v) is 3.05. The predicted octanol–water partition coefficient (Wildman–Crippen LogP) is 4.21. The molecule has 1 atom stereocenters. The van der Waals surface area contributed by atoms with E-state index in [4.69, 9.17) is 5.84 Å². The highest BCUT2D eigenvalue weighted by molar-refractivity contribution is 9.10. The number of hydrogen-bond acceptors (Lipinski definition) is 2. The minimum Gasteiger partial charge on any atom is -0.271 e. The molecule has 0 aromatic heterocycles. The van der Waals surface area contributed by atoms with Crippen LogP contribution in [0.5, 0.6) is 0 Å². The van der Waals surface area contributed by atoms with Crippen molar-refractivity contribution >= 4 is 31.9 Å². The number of hydrogen-bond donors (Lipinski definition) is 2. The topological polar surface area (TPSA) is 38.0 Å². The van der Waals surface area contributed by atoms with Crippen LogP contribution in [-0.2, 0) is 0 Å². The maximum Gasteiger partial charge on any atom is 0.142 e. The van der Waals surface area contributed by atoms with Crippen LogP contribution in [0.3, 0.4) is 0 Å². The molecule has 0 bridgehead atoms. The second-order valence-corrected chi connectivity index (χ2v) is 6.07. The van der Waals surface area contributed by atoms with Crippen LogP contribution in [-0.4, -0.2) is 0 Å². The van der Waals surface area contributed by atoms with E-state index in [1.807, 2.05) is 25.1 Å². The number of rotatable bonds is 3. The Morgan fingerprint density at radius 3 is 2.58 bits per heavy atom. The van der Waals surface area contributed by atoms with Crippen molar-refractivity contribution in [2.24, 2.45) is 5.84 Å². The maximum atomic E-state index is 14.2. The SMILES string of the molecule is Cc1cc(Br)cc(C(NN)c2cccc(Br)c2F)c1. The largest absolute Gasteiger partial charge is 0.271 e. The van der Waals surface area contributed by atoms with Gasteiger partial charge in [-0.15, -0.1) is 0 Å². The number of benzene rings is 2. The van der Waals surface area contributed by atoms with E-state index in [0.717, 1.165) is 15.6 Å². The molecule has 0 radical (unpaired) electrons. The average molecular weight is 388 g/mol. The highest BCUT2D eigenvalue weighted by Gasteiger charge is 2.18. The molecule has 3 N–H and O–H groups in total. The lowest BCUT2D eigenvalue weighted by atomic mass is 9.97. The second-order valence-electron chi connectivity index (χ2n) is 4.30. The number of halogens is 3. The van der Waals surface area contributed by atoms with Gasteiger partial charge in [0.2, 0.25) is 0 Å². The van der Waals surface area contributed by atoms with Crippen LogP contribution in [0.1, 0.15) is 22.7 Å². The van der Waals surface area contributed by atoms with Crippen molar-refractivity contribution < 1.29 is 4.39 Å². The number of nitrogens with one attached hydrogen (secondary N) is 1. The van der Waals surface area contributed by atoms with Crippen LogP contribution >= 0.6 is 31.9 Å². The summed E-state index contributed by atoms with van der Waals surface area (Å²) in [6, 6.07) is 10.7. The summed E-state index contributed by atoms with van der Waals surface area (Å²) >= 11 is 6.64. The summed E-state index contributed by atoms with van der Waals surface area (Å²) in [7, 11) is 0. The Bertz CT molecular complexity index is 582. The maximum absolute atomic E-state index is 14.2. The van der Waals surface area contributed by atoms with Gasteiger partial charge in [-0.2, -0.15) is 0 Å². The second kappa shape index (κ2) is 6.13. The molecular formula is C14H13Br2FN2. The van der Waals surface area contributed by atoms with E-state index in [-0.39, 0.29) is 5.82 Å². The summed E-state index contributed by atoms with van der Waals surface area (Å²) in [5, 5.41) is 0. The van der Waals surface area contributed by atoms with Gasteiger partial charge in [-0.25, -0.2) is 9.82 Å². The molecule has 0 fully saturated rings. The zero-order chi connectivity index (χ0) is 14.0. The van der Waals surface area contributed by atoms with Crippen LogP contribution in [0.25, 0.3) is 0 Å². The van der Waals surface area contributed by atoms with Crippen LogP contribution in [0.2, 0.25) is 0 Å². The fourth-order valence-electron chi connectivity index (χ4n) is 2.04. The van der Waals surface area contributed by atoms with Gasteiger partial charge in [-0.1, -0.05) is 34.1 Å². The molecule has 5 heteroatoms. The van der Waals surface area contributed by atoms with Crippen molar-refractivity contribution in [3.05, 3.63) is 67.9 Å². The number of nitrogens with two attached hydrogens (primary N) is 1. The molecule has 2 nitrogen and oxygen atoms in total. The van der Waals surface area contributed by atoms with E-state index in [9.17, 15) is 4.39 Å². The minimum atomic E-state index is -0.395. The van der Waals surface area contributed by atoms with Gasteiger partial charge in [-0.3, -0.25) is 5.84 Å². The van der Waals surface area contributed by atoms with E-state index in [2.05, 4.69) is 37.3 Å². The lowest BCUT2D eigenvalue weighted by Crippen LogP contribution is -2.29. The van der Waals surface area contributed by atoms with Crippen molar-refractivity contribution in [2.45, 2.75) is 13.0 Å².